The fourth-order valence-electron chi connectivity index (χ4n) is 2.63. The first-order valence-corrected chi connectivity index (χ1v) is 7.38. The highest BCUT2D eigenvalue weighted by atomic mass is 35.5. The second-order valence-electron chi connectivity index (χ2n) is 5.24. The standard InChI is InChI=1S/C18H16ClNO/c1-12(21)7-9-15-16-11-14(19)8-10-17(16)20-18(15)13-5-3-2-4-6-13/h2-6,8,10-11,20H,7,9H2,1H3. The summed E-state index contributed by atoms with van der Waals surface area (Å²) in [6.07, 6.45) is 1.26. The molecule has 21 heavy (non-hydrogen) atoms. The summed E-state index contributed by atoms with van der Waals surface area (Å²) in [5.41, 5.74) is 4.42. The Morgan fingerprint density at radius 2 is 1.90 bits per heavy atom. The van der Waals surface area contributed by atoms with Crippen molar-refractivity contribution in [2.75, 3.05) is 0 Å². The number of aromatic nitrogens is 1. The van der Waals surface area contributed by atoms with Gasteiger partial charge in [0, 0.05) is 28.0 Å². The van der Waals surface area contributed by atoms with Crippen LogP contribution in [0.5, 0.6) is 0 Å². The Bertz CT molecular complexity index is 790. The van der Waals surface area contributed by atoms with Gasteiger partial charge in [-0.05, 0) is 42.7 Å². The second kappa shape index (κ2) is 5.74. The highest BCUT2D eigenvalue weighted by Crippen LogP contribution is 2.32. The fourth-order valence-corrected chi connectivity index (χ4v) is 2.80. The molecule has 0 aliphatic carbocycles. The average molecular weight is 298 g/mol. The van der Waals surface area contributed by atoms with E-state index in [4.69, 9.17) is 11.6 Å². The molecule has 3 heteroatoms. The Morgan fingerprint density at radius 1 is 1.14 bits per heavy atom. The van der Waals surface area contributed by atoms with Crippen LogP contribution in [0.2, 0.25) is 5.02 Å². The number of nitrogens with one attached hydrogen (secondary N) is 1. The van der Waals surface area contributed by atoms with Crippen molar-refractivity contribution in [2.45, 2.75) is 19.8 Å². The Hall–Kier alpha value is -2.06. The minimum atomic E-state index is 0.199. The number of carbonyl (C=O) groups is 1. The highest BCUT2D eigenvalue weighted by Gasteiger charge is 2.13. The molecule has 0 saturated heterocycles. The van der Waals surface area contributed by atoms with Gasteiger partial charge < -0.3 is 9.78 Å². The highest BCUT2D eigenvalue weighted by molar-refractivity contribution is 6.31. The molecule has 1 heterocycles. The van der Waals surface area contributed by atoms with Crippen molar-refractivity contribution in [1.82, 2.24) is 4.98 Å². The number of fused-ring (bicyclic) bond motifs is 1. The largest absolute Gasteiger partial charge is 0.354 e. The van der Waals surface area contributed by atoms with E-state index in [2.05, 4.69) is 17.1 Å². The van der Waals surface area contributed by atoms with Gasteiger partial charge in [-0.25, -0.2) is 0 Å². The molecule has 0 amide bonds. The van der Waals surface area contributed by atoms with E-state index in [0.29, 0.717) is 11.4 Å². The quantitative estimate of drug-likeness (QED) is 0.721. The summed E-state index contributed by atoms with van der Waals surface area (Å²) in [6.45, 7) is 1.63. The number of benzene rings is 2. The molecule has 106 valence electrons. The number of hydrogen-bond acceptors (Lipinski definition) is 1. The topological polar surface area (TPSA) is 32.9 Å². The number of rotatable bonds is 4. The molecule has 0 radical (unpaired) electrons. The smallest absolute Gasteiger partial charge is 0.130 e. The van der Waals surface area contributed by atoms with E-state index in [9.17, 15) is 4.79 Å². The van der Waals surface area contributed by atoms with Crippen LogP contribution in [0.25, 0.3) is 22.2 Å². The van der Waals surface area contributed by atoms with Crippen LogP contribution in [-0.2, 0) is 11.2 Å². The van der Waals surface area contributed by atoms with Gasteiger partial charge in [0.25, 0.3) is 0 Å². The van der Waals surface area contributed by atoms with E-state index in [0.717, 1.165) is 34.1 Å². The number of ketones is 1. The minimum Gasteiger partial charge on any atom is -0.354 e. The maximum Gasteiger partial charge on any atom is 0.130 e. The first-order valence-electron chi connectivity index (χ1n) is 7.00. The molecule has 0 saturated carbocycles. The minimum absolute atomic E-state index is 0.199. The van der Waals surface area contributed by atoms with Gasteiger partial charge in [0.05, 0.1) is 0 Å². The maximum absolute atomic E-state index is 11.4. The van der Waals surface area contributed by atoms with E-state index in [1.807, 2.05) is 36.4 Å². The summed E-state index contributed by atoms with van der Waals surface area (Å²) in [4.78, 5) is 14.8. The third-order valence-electron chi connectivity index (χ3n) is 3.66. The first-order chi connectivity index (χ1) is 10.1. The van der Waals surface area contributed by atoms with Gasteiger partial charge >= 0.3 is 0 Å². The van der Waals surface area contributed by atoms with E-state index < -0.39 is 0 Å². The van der Waals surface area contributed by atoms with Gasteiger partial charge in [-0.1, -0.05) is 41.9 Å². The lowest BCUT2D eigenvalue weighted by Gasteiger charge is -2.04. The molecule has 2 nitrogen and oxygen atoms in total. The summed E-state index contributed by atoms with van der Waals surface area (Å²) in [7, 11) is 0. The summed E-state index contributed by atoms with van der Waals surface area (Å²) in [5.74, 6) is 0.199. The lowest BCUT2D eigenvalue weighted by atomic mass is 10.0. The van der Waals surface area contributed by atoms with E-state index >= 15 is 0 Å². The number of aryl methyl sites for hydroxylation is 1. The van der Waals surface area contributed by atoms with Crippen molar-refractivity contribution in [3.8, 4) is 11.3 Å². The number of hydrogen-bond donors (Lipinski definition) is 1. The van der Waals surface area contributed by atoms with Crippen LogP contribution in [0.3, 0.4) is 0 Å². The van der Waals surface area contributed by atoms with E-state index in [1.54, 1.807) is 6.92 Å². The van der Waals surface area contributed by atoms with Gasteiger partial charge in [-0.2, -0.15) is 0 Å². The van der Waals surface area contributed by atoms with Crippen LogP contribution in [0.4, 0.5) is 0 Å². The van der Waals surface area contributed by atoms with Gasteiger partial charge in [0.1, 0.15) is 5.78 Å². The van der Waals surface area contributed by atoms with Crippen molar-refractivity contribution in [3.63, 3.8) is 0 Å². The average Bonchev–Trinajstić information content (AvgIpc) is 2.84. The van der Waals surface area contributed by atoms with Crippen LogP contribution in [0.1, 0.15) is 18.9 Å². The van der Waals surface area contributed by atoms with E-state index in [-0.39, 0.29) is 5.78 Å². The molecule has 3 rings (SSSR count). The molecule has 0 spiro atoms. The van der Waals surface area contributed by atoms with Gasteiger partial charge in [0.15, 0.2) is 0 Å². The third kappa shape index (κ3) is 2.86. The predicted molar refractivity (Wildman–Crippen MR) is 87.7 cm³/mol. The zero-order valence-electron chi connectivity index (χ0n) is 11.8. The predicted octanol–water partition coefficient (Wildman–Crippen LogP) is 5.01. The maximum atomic E-state index is 11.4. The number of Topliss-reactive ketones (excluding diaryl/α,β-unsaturated/α-hetero) is 1. The zero-order chi connectivity index (χ0) is 14.8. The Labute approximate surface area is 128 Å². The molecule has 0 bridgehead atoms. The molecule has 1 aromatic heterocycles. The molecule has 1 N–H and O–H groups in total. The molecule has 2 aromatic carbocycles. The molecule has 0 unspecified atom stereocenters. The zero-order valence-corrected chi connectivity index (χ0v) is 12.6. The third-order valence-corrected chi connectivity index (χ3v) is 3.89. The van der Waals surface area contributed by atoms with Crippen LogP contribution in [-0.4, -0.2) is 10.8 Å². The first kappa shape index (κ1) is 13.9. The van der Waals surface area contributed by atoms with Crippen LogP contribution in [0, 0.1) is 0 Å². The van der Waals surface area contributed by atoms with E-state index in [1.165, 1.54) is 0 Å². The van der Waals surface area contributed by atoms with Crippen molar-refractivity contribution in [1.29, 1.82) is 0 Å². The lowest BCUT2D eigenvalue weighted by molar-refractivity contribution is -0.116. The van der Waals surface area contributed by atoms with Crippen molar-refractivity contribution in [3.05, 3.63) is 59.1 Å². The second-order valence-corrected chi connectivity index (χ2v) is 5.67. The van der Waals surface area contributed by atoms with Crippen molar-refractivity contribution in [2.24, 2.45) is 0 Å². The number of carbonyl (C=O) groups excluding carboxylic acids is 1. The fraction of sp³-hybridized carbons (Fsp3) is 0.167. The molecular weight excluding hydrogens is 282 g/mol. The normalized spacial score (nSPS) is 11.0. The molecule has 3 aromatic rings. The summed E-state index contributed by atoms with van der Waals surface area (Å²) < 4.78 is 0. The van der Waals surface area contributed by atoms with Gasteiger partial charge in [0.2, 0.25) is 0 Å². The molecular formula is C18H16ClNO. The van der Waals surface area contributed by atoms with Crippen molar-refractivity contribution < 1.29 is 4.79 Å². The summed E-state index contributed by atoms with van der Waals surface area (Å²) in [5, 5.41) is 1.81. The summed E-state index contributed by atoms with van der Waals surface area (Å²) in [6, 6.07) is 16.0. The Balaban J connectivity index is 2.18. The number of halogens is 1. The lowest BCUT2D eigenvalue weighted by Crippen LogP contribution is -1.95. The van der Waals surface area contributed by atoms with Crippen molar-refractivity contribution >= 4 is 28.3 Å². The molecule has 0 atom stereocenters. The molecule has 0 aliphatic heterocycles. The SMILES string of the molecule is CC(=O)CCc1c(-c2ccccc2)[nH]c2ccc(Cl)cc12. The molecule has 0 fully saturated rings. The van der Waals surface area contributed by atoms with Crippen LogP contribution < -0.4 is 0 Å². The Kier molecular flexibility index (Phi) is 3.80. The summed E-state index contributed by atoms with van der Waals surface area (Å²) >= 11 is 6.13. The van der Waals surface area contributed by atoms with Gasteiger partial charge in [-0.3, -0.25) is 0 Å². The van der Waals surface area contributed by atoms with Crippen LogP contribution in [0.15, 0.2) is 48.5 Å². The Morgan fingerprint density at radius 3 is 2.62 bits per heavy atom. The number of aromatic amines is 1. The molecule has 0 aliphatic rings. The number of H-pyrrole nitrogens is 1. The van der Waals surface area contributed by atoms with Gasteiger partial charge in [-0.15, -0.1) is 0 Å². The monoisotopic (exact) mass is 297 g/mol. The van der Waals surface area contributed by atoms with Crippen LogP contribution >= 0.6 is 11.6 Å².